The Hall–Kier alpha value is -1.55. The van der Waals surface area contributed by atoms with Crippen LogP contribution in [-0.2, 0) is 12.7 Å². The van der Waals surface area contributed by atoms with E-state index in [9.17, 15) is 13.2 Å². The monoisotopic (exact) mass is 258 g/mol. The number of alkyl halides is 3. The van der Waals surface area contributed by atoms with Gasteiger partial charge >= 0.3 is 6.18 Å². The highest BCUT2D eigenvalue weighted by Gasteiger charge is 2.36. The van der Waals surface area contributed by atoms with Gasteiger partial charge in [-0.3, -0.25) is 10.00 Å². The lowest BCUT2D eigenvalue weighted by Gasteiger charge is -2.23. The lowest BCUT2D eigenvalue weighted by atomic mass is 10.1. The second-order valence-corrected chi connectivity index (χ2v) is 4.76. The zero-order chi connectivity index (χ0) is 13.4. The van der Waals surface area contributed by atoms with E-state index in [4.69, 9.17) is 5.26 Å². The van der Waals surface area contributed by atoms with Gasteiger partial charge in [-0.2, -0.15) is 23.5 Å². The fourth-order valence-corrected chi connectivity index (χ4v) is 1.72. The number of nitriles is 1. The molecule has 18 heavy (non-hydrogen) atoms. The predicted octanol–water partition coefficient (Wildman–Crippen LogP) is 1.94. The molecule has 1 N–H and O–H groups in total. The number of hydrogen-bond donors (Lipinski definition) is 1. The fraction of sp³-hybridized carbons (Fsp3) is 0.636. The van der Waals surface area contributed by atoms with E-state index in [1.807, 2.05) is 0 Å². The van der Waals surface area contributed by atoms with E-state index in [0.29, 0.717) is 6.04 Å². The second kappa shape index (κ2) is 4.28. The van der Waals surface area contributed by atoms with Crippen molar-refractivity contribution in [1.82, 2.24) is 15.1 Å². The molecule has 2 rings (SSSR count). The lowest BCUT2D eigenvalue weighted by molar-refractivity contribution is -0.141. The maximum atomic E-state index is 12.4. The Balaban J connectivity index is 2.07. The van der Waals surface area contributed by atoms with Crippen molar-refractivity contribution in [3.63, 3.8) is 0 Å². The molecule has 1 unspecified atom stereocenters. The molecule has 0 radical (unpaired) electrons. The largest absolute Gasteiger partial charge is 0.435 e. The normalized spacial score (nSPS) is 19.3. The minimum Gasteiger partial charge on any atom is -0.295 e. The molecule has 0 aliphatic heterocycles. The molecule has 1 atom stereocenters. The number of halogens is 3. The summed E-state index contributed by atoms with van der Waals surface area (Å²) < 4.78 is 38.3. The zero-order valence-corrected chi connectivity index (χ0v) is 9.83. The minimum atomic E-state index is -4.45. The Bertz CT molecular complexity index is 469. The molecular formula is C11H13F3N4. The number of hydrogen-bond acceptors (Lipinski definition) is 3. The average Bonchev–Trinajstić information content (AvgIpc) is 2.92. The lowest BCUT2D eigenvalue weighted by Crippen LogP contribution is -2.46. The van der Waals surface area contributed by atoms with E-state index < -0.39 is 17.4 Å². The van der Waals surface area contributed by atoms with Crippen molar-refractivity contribution in [3.8, 4) is 6.07 Å². The van der Waals surface area contributed by atoms with E-state index in [2.05, 4.69) is 16.5 Å². The SMILES string of the molecule is CC(C#N)(Cn1ccc(C(F)(F)F)n1)NC1CC1. The van der Waals surface area contributed by atoms with Crippen LogP contribution in [0.2, 0.25) is 0 Å². The highest BCUT2D eigenvalue weighted by Crippen LogP contribution is 2.28. The van der Waals surface area contributed by atoms with Crippen molar-refractivity contribution in [3.05, 3.63) is 18.0 Å². The standard InChI is InChI=1S/C11H13F3N4/c1-10(6-15,16-8-2-3-8)7-18-5-4-9(17-18)11(12,13)14/h4-5,8,16H,2-3,7H2,1H3. The van der Waals surface area contributed by atoms with Gasteiger partial charge in [-0.1, -0.05) is 0 Å². The third-order valence-corrected chi connectivity index (χ3v) is 2.76. The van der Waals surface area contributed by atoms with Gasteiger partial charge in [0.15, 0.2) is 5.69 Å². The van der Waals surface area contributed by atoms with Gasteiger partial charge in [-0.25, -0.2) is 0 Å². The van der Waals surface area contributed by atoms with Gasteiger partial charge in [-0.05, 0) is 25.8 Å². The molecule has 7 heteroatoms. The van der Waals surface area contributed by atoms with Crippen molar-refractivity contribution in [2.75, 3.05) is 0 Å². The molecule has 1 saturated carbocycles. The number of nitrogens with zero attached hydrogens (tertiary/aromatic N) is 3. The van der Waals surface area contributed by atoms with Crippen LogP contribution in [0.3, 0.4) is 0 Å². The highest BCUT2D eigenvalue weighted by atomic mass is 19.4. The fourth-order valence-electron chi connectivity index (χ4n) is 1.72. The van der Waals surface area contributed by atoms with Crippen LogP contribution in [-0.4, -0.2) is 21.4 Å². The van der Waals surface area contributed by atoms with E-state index >= 15 is 0 Å². The van der Waals surface area contributed by atoms with Crippen LogP contribution < -0.4 is 5.32 Å². The Morgan fingerprint density at radius 2 is 2.22 bits per heavy atom. The Labute approximate surface area is 102 Å². The van der Waals surface area contributed by atoms with E-state index in [1.165, 1.54) is 6.20 Å². The average molecular weight is 258 g/mol. The summed E-state index contributed by atoms with van der Waals surface area (Å²) in [7, 11) is 0. The summed E-state index contributed by atoms with van der Waals surface area (Å²) in [5.74, 6) is 0. The van der Waals surface area contributed by atoms with Crippen LogP contribution in [0.4, 0.5) is 13.2 Å². The summed E-state index contributed by atoms with van der Waals surface area (Å²) >= 11 is 0. The van der Waals surface area contributed by atoms with Crippen molar-refractivity contribution >= 4 is 0 Å². The van der Waals surface area contributed by atoms with Gasteiger partial charge in [0.05, 0.1) is 12.6 Å². The summed E-state index contributed by atoms with van der Waals surface area (Å²) in [6.07, 6.45) is -1.19. The summed E-state index contributed by atoms with van der Waals surface area (Å²) in [4.78, 5) is 0. The first-order valence-corrected chi connectivity index (χ1v) is 5.62. The first-order chi connectivity index (χ1) is 8.32. The predicted molar refractivity (Wildman–Crippen MR) is 57.4 cm³/mol. The van der Waals surface area contributed by atoms with Crippen LogP contribution in [0.5, 0.6) is 0 Å². The van der Waals surface area contributed by atoms with Crippen LogP contribution in [0.15, 0.2) is 12.3 Å². The molecule has 0 amide bonds. The van der Waals surface area contributed by atoms with Crippen molar-refractivity contribution in [1.29, 1.82) is 5.26 Å². The number of nitrogens with one attached hydrogen (secondary N) is 1. The van der Waals surface area contributed by atoms with Crippen LogP contribution in [0.1, 0.15) is 25.5 Å². The van der Waals surface area contributed by atoms with Crippen molar-refractivity contribution in [2.45, 2.75) is 44.1 Å². The molecule has 1 aliphatic carbocycles. The molecule has 98 valence electrons. The van der Waals surface area contributed by atoms with Gasteiger partial charge in [-0.15, -0.1) is 0 Å². The topological polar surface area (TPSA) is 53.6 Å². The van der Waals surface area contributed by atoms with Crippen LogP contribution in [0, 0.1) is 11.3 Å². The summed E-state index contributed by atoms with van der Waals surface area (Å²) in [5, 5.41) is 15.7. The van der Waals surface area contributed by atoms with Crippen LogP contribution >= 0.6 is 0 Å². The number of aromatic nitrogens is 2. The molecule has 1 aromatic heterocycles. The smallest absolute Gasteiger partial charge is 0.295 e. The molecule has 1 aromatic rings. The van der Waals surface area contributed by atoms with Gasteiger partial charge in [0.1, 0.15) is 5.54 Å². The van der Waals surface area contributed by atoms with E-state index in [0.717, 1.165) is 23.6 Å². The van der Waals surface area contributed by atoms with Gasteiger partial charge in [0, 0.05) is 12.2 Å². The molecule has 0 bridgehead atoms. The zero-order valence-electron chi connectivity index (χ0n) is 9.83. The highest BCUT2D eigenvalue weighted by molar-refractivity contribution is 5.09. The van der Waals surface area contributed by atoms with Gasteiger partial charge in [0.25, 0.3) is 0 Å². The molecule has 1 aliphatic rings. The first-order valence-electron chi connectivity index (χ1n) is 5.62. The molecular weight excluding hydrogens is 245 g/mol. The number of rotatable bonds is 4. The third-order valence-electron chi connectivity index (χ3n) is 2.76. The van der Waals surface area contributed by atoms with Gasteiger partial charge < -0.3 is 0 Å². The van der Waals surface area contributed by atoms with Gasteiger partial charge in [0.2, 0.25) is 0 Å². The van der Waals surface area contributed by atoms with Crippen molar-refractivity contribution < 1.29 is 13.2 Å². The molecule has 0 aromatic carbocycles. The van der Waals surface area contributed by atoms with Crippen molar-refractivity contribution in [2.24, 2.45) is 0 Å². The van der Waals surface area contributed by atoms with Crippen LogP contribution in [0.25, 0.3) is 0 Å². The Morgan fingerprint density at radius 3 is 2.67 bits per heavy atom. The van der Waals surface area contributed by atoms with E-state index in [-0.39, 0.29) is 6.54 Å². The Kier molecular flexibility index (Phi) is 3.07. The summed E-state index contributed by atoms with van der Waals surface area (Å²) in [6.45, 7) is 1.76. The molecule has 1 heterocycles. The molecule has 1 fully saturated rings. The molecule has 0 spiro atoms. The quantitative estimate of drug-likeness (QED) is 0.897. The first kappa shape index (κ1) is 12.9. The maximum absolute atomic E-state index is 12.4. The second-order valence-electron chi connectivity index (χ2n) is 4.76. The van der Waals surface area contributed by atoms with E-state index in [1.54, 1.807) is 6.92 Å². The minimum absolute atomic E-state index is 0.0933. The Morgan fingerprint density at radius 1 is 1.56 bits per heavy atom. The third kappa shape index (κ3) is 3.01. The molecule has 4 nitrogen and oxygen atoms in total. The maximum Gasteiger partial charge on any atom is 0.435 e. The summed E-state index contributed by atoms with van der Waals surface area (Å²) in [5.41, 5.74) is -1.83. The summed E-state index contributed by atoms with van der Waals surface area (Å²) in [6, 6.07) is 3.30. The molecule has 0 saturated heterocycles.